The molecule has 0 aliphatic rings. The van der Waals surface area contributed by atoms with Gasteiger partial charge in [0.2, 0.25) is 0 Å². The molecule has 0 saturated heterocycles. The molecule has 0 aliphatic carbocycles. The Morgan fingerprint density at radius 1 is 0.519 bits per heavy atom. The van der Waals surface area contributed by atoms with Crippen molar-refractivity contribution in [2.24, 2.45) is 0 Å². The third-order valence-corrected chi connectivity index (χ3v) is 9.61. The molecule has 0 aliphatic heterocycles. The van der Waals surface area contributed by atoms with Gasteiger partial charge in [-0.05, 0) is 177 Å². The van der Waals surface area contributed by atoms with Crippen LogP contribution in [0.3, 0.4) is 0 Å². The smallest absolute Gasteiger partial charge is 0.446 e. The zero-order chi connectivity index (χ0) is 38.9. The highest BCUT2D eigenvalue weighted by Crippen LogP contribution is 2.25. The van der Waals surface area contributed by atoms with Crippen molar-refractivity contribution in [3.8, 4) is 11.5 Å². The maximum absolute atomic E-state index is 11.0. The van der Waals surface area contributed by atoms with Gasteiger partial charge in [-0.2, -0.15) is 8.42 Å². The summed E-state index contributed by atoms with van der Waals surface area (Å²) >= 11 is 0. The van der Waals surface area contributed by atoms with Gasteiger partial charge in [0.1, 0.15) is 11.5 Å². The molecule has 0 saturated carbocycles. The fraction of sp³-hybridized carbons (Fsp3) is 0.522. The highest BCUT2D eigenvalue weighted by atomic mass is 32.3. The molecular formula is C46H70O5S. The molecule has 0 unspecified atom stereocenters. The largest absolute Gasteiger partial charge is 0.508 e. The van der Waals surface area contributed by atoms with Gasteiger partial charge in [-0.25, -0.2) is 0 Å². The Labute approximate surface area is 318 Å². The molecule has 6 heteroatoms. The molecule has 0 aromatic heterocycles. The standard InChI is InChI=1S/C46H70O5S/c1-36(2)17-10-18-37(3)19-11-20-38(4)21-12-22-39(5)23-13-24-40(6)25-14-26-41(7)27-15-28-42(8)29-16-30-43(9)31-32-44-35-45(33-34-46(44)47)51-52(48,49)50/h17,19,21,23,25,27,29,31,33-35,47H,10-16,18,20,22,24,26,28,30,32H2,1-9H3,(H,48,49,50)/b37-19+,38-21+,39-23+,40-25+,41-27+,42-29+,43-31+. The molecule has 0 spiro atoms. The number of hydrogen-bond donors (Lipinski definition) is 2. The van der Waals surface area contributed by atoms with Crippen LogP contribution in [-0.2, 0) is 16.8 Å². The van der Waals surface area contributed by atoms with Gasteiger partial charge in [0, 0.05) is 5.56 Å². The van der Waals surface area contributed by atoms with E-state index in [4.69, 9.17) is 4.55 Å². The molecule has 0 bridgehead atoms. The Bertz CT molecular complexity index is 1590. The van der Waals surface area contributed by atoms with Crippen LogP contribution in [-0.4, -0.2) is 18.1 Å². The van der Waals surface area contributed by atoms with Crippen molar-refractivity contribution < 1.29 is 22.3 Å². The number of allylic oxidation sites excluding steroid dienone is 16. The Hall–Kier alpha value is -3.35. The van der Waals surface area contributed by atoms with Crippen molar-refractivity contribution in [3.63, 3.8) is 0 Å². The summed E-state index contributed by atoms with van der Waals surface area (Å²) in [5.41, 5.74) is 12.0. The second-order valence-electron chi connectivity index (χ2n) is 14.9. The van der Waals surface area contributed by atoms with Crippen molar-refractivity contribution in [2.45, 2.75) is 159 Å². The van der Waals surface area contributed by atoms with E-state index in [2.05, 4.69) is 109 Å². The number of phenols is 1. The number of aromatic hydroxyl groups is 1. The summed E-state index contributed by atoms with van der Waals surface area (Å²) in [4.78, 5) is 0. The molecule has 1 aromatic rings. The summed E-state index contributed by atoms with van der Waals surface area (Å²) < 4.78 is 35.3. The molecular weight excluding hydrogens is 665 g/mol. The molecule has 290 valence electrons. The quantitative estimate of drug-likeness (QED) is 0.0772. The van der Waals surface area contributed by atoms with Crippen molar-refractivity contribution >= 4 is 10.4 Å². The van der Waals surface area contributed by atoms with Crippen LogP contribution in [0, 0.1) is 0 Å². The van der Waals surface area contributed by atoms with Crippen LogP contribution in [0.5, 0.6) is 11.5 Å². The van der Waals surface area contributed by atoms with E-state index in [0.717, 1.165) is 83.5 Å². The van der Waals surface area contributed by atoms with E-state index in [9.17, 15) is 13.5 Å². The molecule has 0 amide bonds. The number of rotatable bonds is 25. The summed E-state index contributed by atoms with van der Waals surface area (Å²) in [5, 5.41) is 10.1. The molecule has 0 radical (unpaired) electrons. The lowest BCUT2D eigenvalue weighted by Gasteiger charge is -2.07. The van der Waals surface area contributed by atoms with Gasteiger partial charge in [-0.15, -0.1) is 0 Å². The van der Waals surface area contributed by atoms with Gasteiger partial charge >= 0.3 is 10.4 Å². The monoisotopic (exact) mass is 734 g/mol. The lowest BCUT2D eigenvalue weighted by atomic mass is 10.0. The average molecular weight is 735 g/mol. The minimum absolute atomic E-state index is 0.0368. The van der Waals surface area contributed by atoms with E-state index in [1.54, 1.807) is 0 Å². The van der Waals surface area contributed by atoms with Crippen LogP contribution >= 0.6 is 0 Å². The van der Waals surface area contributed by atoms with Crippen LogP contribution in [0.4, 0.5) is 0 Å². The fourth-order valence-corrected chi connectivity index (χ4v) is 6.11. The van der Waals surface area contributed by atoms with Crippen LogP contribution in [0.2, 0.25) is 0 Å². The first-order valence-electron chi connectivity index (χ1n) is 19.3. The van der Waals surface area contributed by atoms with Gasteiger partial charge in [0.25, 0.3) is 0 Å². The Morgan fingerprint density at radius 2 is 0.827 bits per heavy atom. The minimum atomic E-state index is -4.61. The Morgan fingerprint density at radius 3 is 1.13 bits per heavy atom. The zero-order valence-corrected chi connectivity index (χ0v) is 34.8. The average Bonchev–Trinajstić information content (AvgIpc) is 3.04. The first-order valence-corrected chi connectivity index (χ1v) is 20.6. The first-order chi connectivity index (χ1) is 24.5. The summed E-state index contributed by atoms with van der Waals surface area (Å²) in [6.07, 6.45) is 34.5. The Balaban J connectivity index is 2.31. The van der Waals surface area contributed by atoms with Crippen LogP contribution < -0.4 is 4.18 Å². The maximum Gasteiger partial charge on any atom is 0.446 e. The molecule has 0 heterocycles. The Kier molecular flexibility index (Phi) is 23.7. The van der Waals surface area contributed by atoms with Gasteiger partial charge in [0.05, 0.1) is 0 Å². The second-order valence-corrected chi connectivity index (χ2v) is 15.9. The second kappa shape index (κ2) is 26.4. The van der Waals surface area contributed by atoms with E-state index in [1.807, 2.05) is 6.08 Å². The predicted molar refractivity (Wildman–Crippen MR) is 224 cm³/mol. The fourth-order valence-electron chi connectivity index (χ4n) is 5.76. The highest BCUT2D eigenvalue weighted by molar-refractivity contribution is 7.81. The molecule has 52 heavy (non-hydrogen) atoms. The number of phenolic OH excluding ortho intramolecular Hbond substituents is 1. The minimum Gasteiger partial charge on any atom is -0.508 e. The first kappa shape index (κ1) is 46.7. The van der Waals surface area contributed by atoms with Crippen LogP contribution in [0.25, 0.3) is 0 Å². The van der Waals surface area contributed by atoms with Crippen LogP contribution in [0.1, 0.15) is 158 Å². The van der Waals surface area contributed by atoms with Gasteiger partial charge < -0.3 is 9.29 Å². The van der Waals surface area contributed by atoms with E-state index in [0.29, 0.717) is 12.0 Å². The predicted octanol–water partition coefficient (Wildman–Crippen LogP) is 14.2. The van der Waals surface area contributed by atoms with Gasteiger partial charge in [0.15, 0.2) is 0 Å². The SMILES string of the molecule is CC(C)=CCC/C(C)=C/CC/C(C)=C/CC/C(C)=C/CC/C(C)=C/CC/C(C)=C/CC/C(C)=C/CC/C(C)=C/Cc1cc(OS(=O)(=O)O)ccc1O. The number of hydrogen-bond acceptors (Lipinski definition) is 4. The lowest BCUT2D eigenvalue weighted by Crippen LogP contribution is -2.06. The van der Waals surface area contributed by atoms with E-state index < -0.39 is 10.4 Å². The van der Waals surface area contributed by atoms with E-state index >= 15 is 0 Å². The van der Waals surface area contributed by atoms with Crippen molar-refractivity contribution in [1.82, 2.24) is 0 Å². The summed E-state index contributed by atoms with van der Waals surface area (Å²) in [7, 11) is -4.61. The molecule has 2 N–H and O–H groups in total. The molecule has 0 fully saturated rings. The van der Waals surface area contributed by atoms with Crippen molar-refractivity contribution in [3.05, 3.63) is 117 Å². The molecule has 0 atom stereocenters. The van der Waals surface area contributed by atoms with Crippen LogP contribution in [0.15, 0.2) is 111 Å². The lowest BCUT2D eigenvalue weighted by molar-refractivity contribution is 0.386. The summed E-state index contributed by atoms with van der Waals surface area (Å²) in [6.45, 7) is 19.9. The van der Waals surface area contributed by atoms with Gasteiger partial charge in [-0.1, -0.05) is 93.2 Å². The molecule has 1 rings (SSSR count). The van der Waals surface area contributed by atoms with Gasteiger partial charge in [-0.3, -0.25) is 4.55 Å². The summed E-state index contributed by atoms with van der Waals surface area (Å²) in [6, 6.07) is 4.07. The van der Waals surface area contributed by atoms with Crippen molar-refractivity contribution in [2.75, 3.05) is 0 Å². The maximum atomic E-state index is 11.0. The number of benzene rings is 1. The molecule has 5 nitrogen and oxygen atoms in total. The highest BCUT2D eigenvalue weighted by Gasteiger charge is 2.09. The topological polar surface area (TPSA) is 83.8 Å². The van der Waals surface area contributed by atoms with E-state index in [1.165, 1.54) is 69.2 Å². The summed E-state index contributed by atoms with van der Waals surface area (Å²) in [5.74, 6) is 0.0149. The third-order valence-electron chi connectivity index (χ3n) is 9.20. The van der Waals surface area contributed by atoms with Crippen molar-refractivity contribution in [1.29, 1.82) is 0 Å². The third kappa shape index (κ3) is 25.6. The molecule has 1 aromatic carbocycles. The zero-order valence-electron chi connectivity index (χ0n) is 34.0. The normalized spacial score (nSPS) is 14.2. The van der Waals surface area contributed by atoms with E-state index in [-0.39, 0.29) is 11.5 Å².